The van der Waals surface area contributed by atoms with Crippen LogP contribution in [0.1, 0.15) is 23.2 Å². The molecule has 0 bridgehead atoms. The van der Waals surface area contributed by atoms with E-state index in [1.165, 1.54) is 6.07 Å². The summed E-state index contributed by atoms with van der Waals surface area (Å²) < 4.78 is 26.5. The van der Waals surface area contributed by atoms with Crippen LogP contribution in [0.5, 0.6) is 0 Å². The molecule has 0 heterocycles. The van der Waals surface area contributed by atoms with Crippen LogP contribution in [0, 0.1) is 0 Å². The topological polar surface area (TPSA) is 104 Å². The zero-order valence-electron chi connectivity index (χ0n) is 9.76. The number of hydrogen-bond donors (Lipinski definition) is 3. The van der Waals surface area contributed by atoms with E-state index in [-0.39, 0.29) is 22.1 Å². The second-order valence-electron chi connectivity index (χ2n) is 4.49. The highest BCUT2D eigenvalue weighted by Gasteiger charge is 2.45. The standard InChI is InChI=1S/C11H12ClNO5S/c12-9-5-7(1-2-8(9)10(15)16)19(17,18)13-11(6-14)3-4-11/h1-2,5,13-14H,3-4,6H2,(H,15,16). The van der Waals surface area contributed by atoms with Gasteiger partial charge in [-0.15, -0.1) is 0 Å². The Labute approximate surface area is 115 Å². The van der Waals surface area contributed by atoms with Crippen molar-refractivity contribution in [3.63, 3.8) is 0 Å². The Balaban J connectivity index is 2.31. The molecule has 6 nitrogen and oxygen atoms in total. The first-order valence-corrected chi connectivity index (χ1v) is 7.33. The molecule has 1 aromatic rings. The Morgan fingerprint density at radius 3 is 2.47 bits per heavy atom. The van der Waals surface area contributed by atoms with E-state index in [1.54, 1.807) is 0 Å². The first kappa shape index (κ1) is 14.3. The molecule has 8 heteroatoms. The molecule has 0 aliphatic heterocycles. The van der Waals surface area contributed by atoms with Crippen LogP contribution in [-0.2, 0) is 10.0 Å². The van der Waals surface area contributed by atoms with Crippen molar-refractivity contribution in [2.45, 2.75) is 23.3 Å². The van der Waals surface area contributed by atoms with E-state index in [0.29, 0.717) is 12.8 Å². The molecule has 0 amide bonds. The lowest BCUT2D eigenvalue weighted by Crippen LogP contribution is -2.39. The van der Waals surface area contributed by atoms with Crippen molar-refractivity contribution in [3.05, 3.63) is 28.8 Å². The maximum absolute atomic E-state index is 12.1. The number of carboxylic acid groups (broad SMARTS) is 1. The van der Waals surface area contributed by atoms with Gasteiger partial charge in [-0.05, 0) is 31.0 Å². The van der Waals surface area contributed by atoms with E-state index >= 15 is 0 Å². The molecule has 1 saturated carbocycles. The summed E-state index contributed by atoms with van der Waals surface area (Å²) in [5.74, 6) is -1.23. The molecular weight excluding hydrogens is 294 g/mol. The van der Waals surface area contributed by atoms with Crippen molar-refractivity contribution >= 4 is 27.6 Å². The SMILES string of the molecule is O=C(O)c1ccc(S(=O)(=O)NC2(CO)CC2)cc1Cl. The number of aromatic carboxylic acids is 1. The number of benzene rings is 1. The number of sulfonamides is 1. The summed E-state index contributed by atoms with van der Waals surface area (Å²) in [5, 5.41) is 17.8. The van der Waals surface area contributed by atoms with Crippen LogP contribution in [0.4, 0.5) is 0 Å². The van der Waals surface area contributed by atoms with Crippen molar-refractivity contribution in [1.29, 1.82) is 0 Å². The number of aliphatic hydroxyl groups excluding tert-OH is 1. The van der Waals surface area contributed by atoms with Crippen molar-refractivity contribution in [3.8, 4) is 0 Å². The number of carbonyl (C=O) groups is 1. The quantitative estimate of drug-likeness (QED) is 0.748. The maximum atomic E-state index is 12.1. The summed E-state index contributed by atoms with van der Waals surface area (Å²) >= 11 is 5.73. The fourth-order valence-electron chi connectivity index (χ4n) is 1.62. The van der Waals surface area contributed by atoms with E-state index in [9.17, 15) is 13.2 Å². The molecule has 19 heavy (non-hydrogen) atoms. The van der Waals surface area contributed by atoms with Crippen molar-refractivity contribution < 1.29 is 23.4 Å². The number of aliphatic hydroxyl groups is 1. The van der Waals surface area contributed by atoms with Gasteiger partial charge in [0.25, 0.3) is 0 Å². The fourth-order valence-corrected chi connectivity index (χ4v) is 3.43. The van der Waals surface area contributed by atoms with Gasteiger partial charge in [-0.3, -0.25) is 0 Å². The summed E-state index contributed by atoms with van der Waals surface area (Å²) in [6, 6.07) is 3.39. The number of hydrogen-bond acceptors (Lipinski definition) is 4. The van der Waals surface area contributed by atoms with E-state index in [2.05, 4.69) is 4.72 Å². The molecule has 0 aromatic heterocycles. The van der Waals surface area contributed by atoms with Gasteiger partial charge in [0.05, 0.1) is 27.6 Å². The van der Waals surface area contributed by atoms with E-state index < -0.39 is 21.5 Å². The van der Waals surface area contributed by atoms with Crippen LogP contribution >= 0.6 is 11.6 Å². The summed E-state index contributed by atoms with van der Waals surface area (Å²) in [4.78, 5) is 10.7. The molecule has 0 atom stereocenters. The number of halogens is 1. The van der Waals surface area contributed by atoms with Gasteiger partial charge in [0.2, 0.25) is 10.0 Å². The lowest BCUT2D eigenvalue weighted by atomic mass is 10.2. The molecule has 1 aliphatic carbocycles. The van der Waals surface area contributed by atoms with E-state index in [1.807, 2.05) is 0 Å². The average Bonchev–Trinajstić information content (AvgIpc) is 3.08. The number of rotatable bonds is 5. The first-order valence-electron chi connectivity index (χ1n) is 5.47. The first-order chi connectivity index (χ1) is 8.80. The Kier molecular flexibility index (Phi) is 3.57. The van der Waals surface area contributed by atoms with Crippen LogP contribution in [0.3, 0.4) is 0 Å². The third-order valence-corrected chi connectivity index (χ3v) is 4.88. The molecule has 0 unspecified atom stereocenters. The van der Waals surface area contributed by atoms with Gasteiger partial charge in [-0.1, -0.05) is 11.6 Å². The highest BCUT2D eigenvalue weighted by Crippen LogP contribution is 2.36. The number of nitrogens with one attached hydrogen (secondary N) is 1. The van der Waals surface area contributed by atoms with Gasteiger partial charge in [0.1, 0.15) is 0 Å². The van der Waals surface area contributed by atoms with Gasteiger partial charge in [0.15, 0.2) is 0 Å². The van der Waals surface area contributed by atoms with Crippen LogP contribution in [0.2, 0.25) is 5.02 Å². The minimum atomic E-state index is -3.82. The summed E-state index contributed by atoms with van der Waals surface area (Å²) in [5.41, 5.74) is -0.944. The zero-order chi connectivity index (χ0) is 14.3. The second kappa shape index (κ2) is 4.75. The predicted molar refractivity (Wildman–Crippen MR) is 67.8 cm³/mol. The van der Waals surface area contributed by atoms with Crippen LogP contribution in [0.25, 0.3) is 0 Å². The van der Waals surface area contributed by atoms with Gasteiger partial charge in [0, 0.05) is 0 Å². The van der Waals surface area contributed by atoms with E-state index in [4.69, 9.17) is 21.8 Å². The number of carboxylic acids is 1. The lowest BCUT2D eigenvalue weighted by Gasteiger charge is -2.15. The largest absolute Gasteiger partial charge is 0.478 e. The van der Waals surface area contributed by atoms with Gasteiger partial charge in [-0.25, -0.2) is 17.9 Å². The molecule has 1 aliphatic rings. The Morgan fingerprint density at radius 1 is 1.42 bits per heavy atom. The van der Waals surface area contributed by atoms with Crippen molar-refractivity contribution in [1.82, 2.24) is 4.72 Å². The highest BCUT2D eigenvalue weighted by atomic mass is 35.5. The van der Waals surface area contributed by atoms with Crippen LogP contribution in [-0.4, -0.2) is 36.7 Å². The molecule has 3 N–H and O–H groups in total. The Morgan fingerprint density at radius 2 is 2.05 bits per heavy atom. The molecule has 104 valence electrons. The van der Waals surface area contributed by atoms with E-state index in [0.717, 1.165) is 12.1 Å². The lowest BCUT2D eigenvalue weighted by molar-refractivity contribution is 0.0697. The van der Waals surface area contributed by atoms with Gasteiger partial charge < -0.3 is 10.2 Å². The van der Waals surface area contributed by atoms with Crippen LogP contribution < -0.4 is 4.72 Å². The van der Waals surface area contributed by atoms with Gasteiger partial charge in [-0.2, -0.15) is 0 Å². The minimum absolute atomic E-state index is 0.123. The predicted octanol–water partition coefficient (Wildman–Crippen LogP) is 0.841. The highest BCUT2D eigenvalue weighted by molar-refractivity contribution is 7.89. The van der Waals surface area contributed by atoms with Crippen molar-refractivity contribution in [2.75, 3.05) is 6.61 Å². The summed E-state index contributed by atoms with van der Waals surface area (Å²) in [6.45, 7) is -0.271. The third kappa shape index (κ3) is 2.89. The molecule has 1 fully saturated rings. The molecular formula is C11H12ClNO5S. The minimum Gasteiger partial charge on any atom is -0.478 e. The monoisotopic (exact) mass is 305 g/mol. The molecule has 2 rings (SSSR count). The summed E-state index contributed by atoms with van der Waals surface area (Å²) in [6.07, 6.45) is 1.15. The summed E-state index contributed by atoms with van der Waals surface area (Å²) in [7, 11) is -3.82. The normalized spacial score (nSPS) is 17.2. The van der Waals surface area contributed by atoms with Crippen molar-refractivity contribution in [2.24, 2.45) is 0 Å². The third-order valence-electron chi connectivity index (χ3n) is 2.99. The second-order valence-corrected chi connectivity index (χ2v) is 6.58. The molecule has 0 saturated heterocycles. The average molecular weight is 306 g/mol. The zero-order valence-corrected chi connectivity index (χ0v) is 11.3. The Hall–Kier alpha value is -1.15. The van der Waals surface area contributed by atoms with Gasteiger partial charge >= 0.3 is 5.97 Å². The maximum Gasteiger partial charge on any atom is 0.337 e. The smallest absolute Gasteiger partial charge is 0.337 e. The fraction of sp³-hybridized carbons (Fsp3) is 0.364. The molecule has 1 aromatic carbocycles. The molecule has 0 spiro atoms. The molecule has 0 radical (unpaired) electrons. The Bertz CT molecular complexity index is 624. The van der Waals surface area contributed by atoms with Crippen LogP contribution in [0.15, 0.2) is 23.1 Å².